The molecular formula is C15H16ClF3N2O2. The maximum absolute atomic E-state index is 13.3. The van der Waals surface area contributed by atoms with Crippen molar-refractivity contribution in [2.45, 2.75) is 38.6 Å². The summed E-state index contributed by atoms with van der Waals surface area (Å²) in [7, 11) is 0. The largest absolute Gasteiger partial charge is 0.438 e. The lowest BCUT2D eigenvalue weighted by Gasteiger charge is -2.32. The molecule has 0 radical (unpaired) electrons. The molecule has 0 aromatic heterocycles. The first-order valence-electron chi connectivity index (χ1n) is 7.00. The summed E-state index contributed by atoms with van der Waals surface area (Å²) in [4.78, 5) is 12.4. The van der Waals surface area contributed by atoms with Crippen molar-refractivity contribution >= 4 is 23.2 Å². The summed E-state index contributed by atoms with van der Waals surface area (Å²) in [6, 6.07) is 5.49. The van der Waals surface area contributed by atoms with Gasteiger partial charge in [0.1, 0.15) is 0 Å². The van der Waals surface area contributed by atoms with Crippen LogP contribution in [-0.2, 0) is 0 Å². The molecule has 8 heteroatoms. The Morgan fingerprint density at radius 2 is 2.13 bits per heavy atom. The quantitative estimate of drug-likeness (QED) is 0.902. The number of hydrogen-bond donors (Lipinski definition) is 1. The first-order valence-corrected chi connectivity index (χ1v) is 7.38. The van der Waals surface area contributed by atoms with Gasteiger partial charge in [-0.25, -0.2) is 0 Å². The first kappa shape index (κ1) is 17.7. The van der Waals surface area contributed by atoms with Gasteiger partial charge in [-0.1, -0.05) is 31.5 Å². The lowest BCUT2D eigenvalue weighted by Crippen LogP contribution is -2.56. The van der Waals surface area contributed by atoms with Gasteiger partial charge in [-0.2, -0.15) is 23.3 Å². The summed E-state index contributed by atoms with van der Waals surface area (Å²) < 4.78 is 40.0. The highest BCUT2D eigenvalue weighted by Crippen LogP contribution is 2.41. The topological polar surface area (TPSA) is 52.9 Å². The average Bonchev–Trinajstić information content (AvgIpc) is 2.74. The van der Waals surface area contributed by atoms with E-state index in [1.54, 1.807) is 0 Å². The highest BCUT2D eigenvalue weighted by Gasteiger charge is 2.63. The van der Waals surface area contributed by atoms with Crippen molar-refractivity contribution in [1.82, 2.24) is 5.01 Å². The SMILES string of the molecule is CC(C)CC1=NN(C(=O)c2cccc(Cl)c2)[C@](O)(C(F)(F)F)C1. The number of hydrogen-bond acceptors (Lipinski definition) is 3. The van der Waals surface area contributed by atoms with E-state index in [4.69, 9.17) is 11.6 Å². The Kier molecular flexibility index (Phi) is 4.73. The first-order chi connectivity index (χ1) is 10.5. The fourth-order valence-corrected chi connectivity index (χ4v) is 2.57. The summed E-state index contributed by atoms with van der Waals surface area (Å²) in [5.41, 5.74) is -3.28. The average molecular weight is 349 g/mol. The summed E-state index contributed by atoms with van der Waals surface area (Å²) in [6.45, 7) is 3.63. The number of carbonyl (C=O) groups excluding carboxylic acids is 1. The van der Waals surface area contributed by atoms with Crippen LogP contribution in [0.5, 0.6) is 0 Å². The maximum Gasteiger partial charge on any atom is 0.438 e. The zero-order valence-electron chi connectivity index (χ0n) is 12.6. The minimum absolute atomic E-state index is 0.0486. The Morgan fingerprint density at radius 3 is 2.65 bits per heavy atom. The molecule has 1 heterocycles. The van der Waals surface area contributed by atoms with E-state index in [-0.39, 0.29) is 33.6 Å². The van der Waals surface area contributed by atoms with Crippen LogP contribution in [-0.4, -0.2) is 33.6 Å². The molecule has 1 aliphatic heterocycles. The van der Waals surface area contributed by atoms with Gasteiger partial charge in [-0.3, -0.25) is 4.79 Å². The molecule has 1 aliphatic rings. The van der Waals surface area contributed by atoms with E-state index in [0.29, 0.717) is 0 Å². The molecule has 0 bridgehead atoms. The van der Waals surface area contributed by atoms with Crippen LogP contribution in [0.15, 0.2) is 29.4 Å². The van der Waals surface area contributed by atoms with Crippen LogP contribution in [0.3, 0.4) is 0 Å². The minimum Gasteiger partial charge on any atom is -0.362 e. The van der Waals surface area contributed by atoms with Crippen molar-refractivity contribution in [2.75, 3.05) is 0 Å². The van der Waals surface area contributed by atoms with E-state index >= 15 is 0 Å². The number of benzene rings is 1. The van der Waals surface area contributed by atoms with Crippen LogP contribution >= 0.6 is 11.6 Å². The van der Waals surface area contributed by atoms with Gasteiger partial charge in [-0.15, -0.1) is 0 Å². The van der Waals surface area contributed by atoms with Gasteiger partial charge in [0.05, 0.1) is 0 Å². The van der Waals surface area contributed by atoms with Crippen LogP contribution in [0.1, 0.15) is 37.0 Å². The van der Waals surface area contributed by atoms with E-state index in [1.165, 1.54) is 24.3 Å². The Labute approximate surface area is 136 Å². The van der Waals surface area contributed by atoms with Gasteiger partial charge in [-0.05, 0) is 30.5 Å². The second-order valence-electron chi connectivity index (χ2n) is 5.88. The molecule has 0 unspecified atom stereocenters. The molecular weight excluding hydrogens is 333 g/mol. The van der Waals surface area contributed by atoms with Gasteiger partial charge >= 0.3 is 6.18 Å². The smallest absolute Gasteiger partial charge is 0.362 e. The van der Waals surface area contributed by atoms with Crippen LogP contribution in [0, 0.1) is 5.92 Å². The fraction of sp³-hybridized carbons (Fsp3) is 0.467. The van der Waals surface area contributed by atoms with Gasteiger partial charge in [0.15, 0.2) is 0 Å². The van der Waals surface area contributed by atoms with Crippen molar-refractivity contribution in [3.8, 4) is 0 Å². The number of amides is 1. The number of rotatable bonds is 3. The highest BCUT2D eigenvalue weighted by molar-refractivity contribution is 6.31. The van der Waals surface area contributed by atoms with Crippen molar-refractivity contribution in [1.29, 1.82) is 0 Å². The molecule has 1 atom stereocenters. The van der Waals surface area contributed by atoms with Crippen LogP contribution < -0.4 is 0 Å². The van der Waals surface area contributed by atoms with Crippen LogP contribution in [0.4, 0.5) is 13.2 Å². The lowest BCUT2D eigenvalue weighted by atomic mass is 9.99. The van der Waals surface area contributed by atoms with Crippen molar-refractivity contribution in [2.24, 2.45) is 11.0 Å². The molecule has 1 aromatic rings. The number of hydrazone groups is 1. The number of nitrogens with zero attached hydrogens (tertiary/aromatic N) is 2. The molecule has 1 aromatic carbocycles. The van der Waals surface area contributed by atoms with E-state index in [0.717, 1.165) is 0 Å². The predicted octanol–water partition coefficient (Wildman–Crippen LogP) is 3.84. The zero-order valence-corrected chi connectivity index (χ0v) is 13.3. The zero-order chi connectivity index (χ0) is 17.4. The predicted molar refractivity (Wildman–Crippen MR) is 80.1 cm³/mol. The van der Waals surface area contributed by atoms with Gasteiger partial charge in [0, 0.05) is 22.7 Å². The molecule has 0 saturated heterocycles. The van der Waals surface area contributed by atoms with E-state index in [2.05, 4.69) is 5.10 Å². The Hall–Kier alpha value is -1.60. The molecule has 0 saturated carbocycles. The summed E-state index contributed by atoms with van der Waals surface area (Å²) in [6.07, 6.45) is -5.51. The van der Waals surface area contributed by atoms with Crippen molar-refractivity contribution < 1.29 is 23.1 Å². The number of halogens is 4. The molecule has 126 valence electrons. The summed E-state index contributed by atoms with van der Waals surface area (Å²) in [5, 5.41) is 14.2. The van der Waals surface area contributed by atoms with Gasteiger partial charge in [0.25, 0.3) is 11.6 Å². The third-order valence-electron chi connectivity index (χ3n) is 3.40. The second-order valence-corrected chi connectivity index (χ2v) is 6.32. The highest BCUT2D eigenvalue weighted by atomic mass is 35.5. The van der Waals surface area contributed by atoms with Crippen LogP contribution in [0.2, 0.25) is 5.02 Å². The monoisotopic (exact) mass is 348 g/mol. The molecule has 0 spiro atoms. The molecule has 1 amide bonds. The third kappa shape index (κ3) is 3.50. The van der Waals surface area contributed by atoms with Crippen LogP contribution in [0.25, 0.3) is 0 Å². The van der Waals surface area contributed by atoms with Crippen molar-refractivity contribution in [3.05, 3.63) is 34.9 Å². The summed E-state index contributed by atoms with van der Waals surface area (Å²) in [5.74, 6) is -1.00. The number of carbonyl (C=O) groups is 1. The Bertz CT molecular complexity index is 646. The normalized spacial score (nSPS) is 21.7. The lowest BCUT2D eigenvalue weighted by molar-refractivity contribution is -0.297. The molecule has 0 fully saturated rings. The van der Waals surface area contributed by atoms with E-state index in [1.807, 2.05) is 13.8 Å². The van der Waals surface area contributed by atoms with E-state index in [9.17, 15) is 23.1 Å². The van der Waals surface area contributed by atoms with E-state index < -0.39 is 24.2 Å². The number of aliphatic hydroxyl groups is 1. The molecule has 2 rings (SSSR count). The summed E-state index contributed by atoms with van der Waals surface area (Å²) >= 11 is 5.76. The Balaban J connectivity index is 2.41. The molecule has 23 heavy (non-hydrogen) atoms. The third-order valence-corrected chi connectivity index (χ3v) is 3.64. The second kappa shape index (κ2) is 6.13. The number of alkyl halides is 3. The van der Waals surface area contributed by atoms with Gasteiger partial charge in [0.2, 0.25) is 0 Å². The Morgan fingerprint density at radius 1 is 1.48 bits per heavy atom. The fourth-order valence-electron chi connectivity index (χ4n) is 2.38. The van der Waals surface area contributed by atoms with Crippen molar-refractivity contribution in [3.63, 3.8) is 0 Å². The molecule has 1 N–H and O–H groups in total. The molecule has 4 nitrogen and oxygen atoms in total. The molecule has 0 aliphatic carbocycles. The minimum atomic E-state index is -5.02. The maximum atomic E-state index is 13.3. The van der Waals surface area contributed by atoms with Gasteiger partial charge < -0.3 is 5.11 Å². The standard InChI is InChI=1S/C15H16ClF3N2O2/c1-9(2)6-12-8-14(23,15(17,18)19)21(20-12)13(22)10-4-3-5-11(16)7-10/h3-5,7,9,23H,6,8H2,1-2H3/t14-/m1/s1.